The van der Waals surface area contributed by atoms with Crippen molar-refractivity contribution in [2.75, 3.05) is 0 Å². The van der Waals surface area contributed by atoms with Crippen LogP contribution in [-0.4, -0.2) is 0 Å². The molecule has 0 spiro atoms. The maximum absolute atomic E-state index is 2.39. The van der Waals surface area contributed by atoms with Gasteiger partial charge in [0.1, 0.15) is 0 Å². The minimum Gasteiger partial charge on any atom is -0.0696 e. The summed E-state index contributed by atoms with van der Waals surface area (Å²) < 4.78 is 0. The van der Waals surface area contributed by atoms with Crippen molar-refractivity contribution in [1.82, 2.24) is 0 Å². The van der Waals surface area contributed by atoms with Crippen LogP contribution < -0.4 is 0 Å². The van der Waals surface area contributed by atoms with Crippen molar-refractivity contribution in [1.29, 1.82) is 0 Å². The third-order valence-electron chi connectivity index (χ3n) is 3.32. The van der Waals surface area contributed by atoms with Gasteiger partial charge in [-0.1, -0.05) is 55.3 Å². The average Bonchev–Trinajstić information content (AvgIpc) is 2.46. The van der Waals surface area contributed by atoms with Crippen molar-refractivity contribution in [3.63, 3.8) is 0 Å². The number of benzene rings is 1. The van der Waals surface area contributed by atoms with Crippen molar-refractivity contribution in [3.8, 4) is 0 Å². The molecule has 1 fully saturated rings. The zero-order valence-electron chi connectivity index (χ0n) is 9.58. The molecule has 0 N–H and O–H groups in total. The Hall–Kier alpha value is -1.04. The van der Waals surface area contributed by atoms with Crippen LogP contribution in [0.25, 0.3) is 6.08 Å². The molecule has 15 heavy (non-hydrogen) atoms. The molecule has 2 rings (SSSR count). The molecule has 0 aromatic heterocycles. The summed E-state index contributed by atoms with van der Waals surface area (Å²) >= 11 is 0. The van der Waals surface area contributed by atoms with E-state index in [-0.39, 0.29) is 0 Å². The second kappa shape index (κ2) is 5.16. The summed E-state index contributed by atoms with van der Waals surface area (Å²) in [6, 6.07) is 10.7. The van der Waals surface area contributed by atoms with Gasteiger partial charge in [-0.3, -0.25) is 0 Å². The fourth-order valence-corrected chi connectivity index (χ4v) is 2.31. The Balaban J connectivity index is 2.06. The fourth-order valence-electron chi connectivity index (χ4n) is 2.31. The molecule has 1 aliphatic carbocycles. The predicted molar refractivity (Wildman–Crippen MR) is 66.7 cm³/mol. The van der Waals surface area contributed by atoms with Crippen LogP contribution in [0.1, 0.15) is 44.6 Å². The molecule has 0 radical (unpaired) electrons. The average molecular weight is 200 g/mol. The second-order valence-electron chi connectivity index (χ2n) is 4.75. The Morgan fingerprint density at radius 1 is 1.07 bits per heavy atom. The number of hydrogen-bond donors (Lipinski definition) is 0. The van der Waals surface area contributed by atoms with Gasteiger partial charge < -0.3 is 0 Å². The van der Waals surface area contributed by atoms with Crippen LogP contribution >= 0.6 is 0 Å². The molecule has 0 bridgehead atoms. The highest BCUT2D eigenvalue weighted by atomic mass is 14.2. The van der Waals surface area contributed by atoms with Crippen molar-refractivity contribution in [2.24, 2.45) is 5.92 Å². The Labute approximate surface area is 93.0 Å². The number of rotatable bonds is 1. The zero-order valence-corrected chi connectivity index (χ0v) is 9.58. The van der Waals surface area contributed by atoms with Crippen LogP contribution in [0.4, 0.5) is 0 Å². The van der Waals surface area contributed by atoms with Crippen LogP contribution in [0.2, 0.25) is 0 Å². The van der Waals surface area contributed by atoms with E-state index in [1.54, 1.807) is 5.57 Å². The molecular formula is C15H20. The first kappa shape index (κ1) is 10.5. The third kappa shape index (κ3) is 3.23. The van der Waals surface area contributed by atoms with E-state index >= 15 is 0 Å². The lowest BCUT2D eigenvalue weighted by Gasteiger charge is -2.04. The molecule has 1 saturated carbocycles. The summed E-state index contributed by atoms with van der Waals surface area (Å²) in [5.41, 5.74) is 3.01. The van der Waals surface area contributed by atoms with Crippen molar-refractivity contribution in [2.45, 2.75) is 39.0 Å². The van der Waals surface area contributed by atoms with Crippen molar-refractivity contribution < 1.29 is 0 Å². The molecule has 0 aliphatic heterocycles. The van der Waals surface area contributed by atoms with Crippen LogP contribution in [0.3, 0.4) is 0 Å². The van der Waals surface area contributed by atoms with Gasteiger partial charge in [0, 0.05) is 0 Å². The zero-order chi connectivity index (χ0) is 10.5. The van der Waals surface area contributed by atoms with E-state index in [1.807, 2.05) is 0 Å². The fraction of sp³-hybridized carbons (Fsp3) is 0.467. The molecule has 1 aromatic rings. The van der Waals surface area contributed by atoms with Gasteiger partial charge in [0.2, 0.25) is 0 Å². The van der Waals surface area contributed by atoms with Crippen LogP contribution in [0.15, 0.2) is 35.9 Å². The van der Waals surface area contributed by atoms with Crippen molar-refractivity contribution >= 4 is 6.08 Å². The van der Waals surface area contributed by atoms with Gasteiger partial charge in [-0.2, -0.15) is 0 Å². The first-order valence-corrected chi connectivity index (χ1v) is 6.09. The van der Waals surface area contributed by atoms with Gasteiger partial charge in [-0.15, -0.1) is 0 Å². The lowest BCUT2D eigenvalue weighted by Crippen LogP contribution is -1.89. The second-order valence-corrected chi connectivity index (χ2v) is 4.75. The first-order valence-electron chi connectivity index (χ1n) is 6.09. The van der Waals surface area contributed by atoms with E-state index in [1.165, 1.54) is 37.7 Å². The highest BCUT2D eigenvalue weighted by molar-refractivity contribution is 5.52. The molecule has 1 unspecified atom stereocenters. The Bertz CT molecular complexity index is 321. The Kier molecular flexibility index (Phi) is 3.60. The molecular weight excluding hydrogens is 180 g/mol. The smallest absolute Gasteiger partial charge is 0.0257 e. The standard InChI is InChI=1S/C15H20/c1-13-6-5-9-15(11-10-13)12-14-7-3-2-4-8-14/h2-4,7-8,12-13H,5-6,9-11H2,1H3. The molecule has 0 amide bonds. The third-order valence-corrected chi connectivity index (χ3v) is 3.32. The molecule has 0 heteroatoms. The van der Waals surface area contributed by atoms with Crippen LogP contribution in [0, 0.1) is 5.92 Å². The highest BCUT2D eigenvalue weighted by Gasteiger charge is 2.09. The summed E-state index contributed by atoms with van der Waals surface area (Å²) in [5, 5.41) is 0. The van der Waals surface area contributed by atoms with Gasteiger partial charge >= 0.3 is 0 Å². The molecule has 0 nitrogen and oxygen atoms in total. The number of allylic oxidation sites excluding steroid dienone is 1. The summed E-state index contributed by atoms with van der Waals surface area (Å²) in [4.78, 5) is 0. The molecule has 1 aromatic carbocycles. The Morgan fingerprint density at radius 2 is 1.87 bits per heavy atom. The van der Waals surface area contributed by atoms with Gasteiger partial charge in [0.15, 0.2) is 0 Å². The summed E-state index contributed by atoms with van der Waals surface area (Å²) in [6.45, 7) is 2.38. The van der Waals surface area contributed by atoms with Gasteiger partial charge in [-0.05, 0) is 37.2 Å². The Morgan fingerprint density at radius 3 is 2.67 bits per heavy atom. The largest absolute Gasteiger partial charge is 0.0696 e. The van der Waals surface area contributed by atoms with Crippen LogP contribution in [0.5, 0.6) is 0 Å². The lowest BCUT2D eigenvalue weighted by atomic mass is 10.0. The topological polar surface area (TPSA) is 0 Å². The predicted octanol–water partition coefficient (Wildman–Crippen LogP) is 4.67. The van der Waals surface area contributed by atoms with E-state index in [0.29, 0.717) is 0 Å². The van der Waals surface area contributed by atoms with Crippen molar-refractivity contribution in [3.05, 3.63) is 41.5 Å². The first-order chi connectivity index (χ1) is 7.34. The molecule has 0 saturated heterocycles. The van der Waals surface area contributed by atoms with Crippen LogP contribution in [-0.2, 0) is 0 Å². The summed E-state index contributed by atoms with van der Waals surface area (Å²) in [5.74, 6) is 0.923. The molecule has 0 heterocycles. The minimum atomic E-state index is 0.923. The minimum absolute atomic E-state index is 0.923. The quantitative estimate of drug-likeness (QED) is 0.578. The van der Waals surface area contributed by atoms with Gasteiger partial charge in [0.05, 0.1) is 0 Å². The van der Waals surface area contributed by atoms with E-state index in [0.717, 1.165) is 5.92 Å². The number of hydrogen-bond acceptors (Lipinski definition) is 0. The molecule has 1 atom stereocenters. The van der Waals surface area contributed by atoms with E-state index in [4.69, 9.17) is 0 Å². The molecule has 1 aliphatic rings. The SMILES string of the molecule is CC1CCCC(=Cc2ccccc2)CC1. The van der Waals surface area contributed by atoms with E-state index in [2.05, 4.69) is 43.3 Å². The maximum atomic E-state index is 2.39. The summed E-state index contributed by atoms with van der Waals surface area (Å²) in [6.07, 6.45) is 9.15. The van der Waals surface area contributed by atoms with E-state index in [9.17, 15) is 0 Å². The lowest BCUT2D eigenvalue weighted by molar-refractivity contribution is 0.507. The summed E-state index contributed by atoms with van der Waals surface area (Å²) in [7, 11) is 0. The normalized spacial score (nSPS) is 25.1. The van der Waals surface area contributed by atoms with Gasteiger partial charge in [-0.25, -0.2) is 0 Å². The van der Waals surface area contributed by atoms with E-state index < -0.39 is 0 Å². The maximum Gasteiger partial charge on any atom is -0.0257 e. The monoisotopic (exact) mass is 200 g/mol. The highest BCUT2D eigenvalue weighted by Crippen LogP contribution is 2.27. The molecule has 80 valence electrons. The van der Waals surface area contributed by atoms with Gasteiger partial charge in [0.25, 0.3) is 0 Å².